The lowest BCUT2D eigenvalue weighted by molar-refractivity contribution is -0.152. The van der Waals surface area contributed by atoms with Gasteiger partial charge in [0.25, 0.3) is 11.8 Å². The second kappa shape index (κ2) is 9.45. The number of carbonyl (C=O) groups excluding carboxylic acids is 3. The van der Waals surface area contributed by atoms with Crippen LogP contribution in [0.1, 0.15) is 17.3 Å². The van der Waals surface area contributed by atoms with Crippen molar-refractivity contribution in [3.05, 3.63) is 59.7 Å². The predicted molar refractivity (Wildman–Crippen MR) is 95.9 cm³/mol. The van der Waals surface area contributed by atoms with Gasteiger partial charge in [0.15, 0.2) is 6.10 Å². The first-order chi connectivity index (χ1) is 13.3. The molecule has 1 unspecified atom stereocenters. The van der Waals surface area contributed by atoms with Crippen molar-refractivity contribution in [2.75, 3.05) is 19.0 Å². The average molecular weight is 392 g/mol. The molecule has 0 bridgehead atoms. The quantitative estimate of drug-likeness (QED) is 0.705. The lowest BCUT2D eigenvalue weighted by atomic mass is 10.2. The van der Waals surface area contributed by atoms with Gasteiger partial charge in [0.2, 0.25) is 0 Å². The van der Waals surface area contributed by atoms with E-state index in [2.05, 4.69) is 10.6 Å². The molecule has 0 fully saturated rings. The SMILES string of the molecule is COc1cccc(C(=O)NCC(=O)OC(C)C(=O)Nc2ccc(F)cc2F)c1. The maximum absolute atomic E-state index is 13.5. The van der Waals surface area contributed by atoms with E-state index in [9.17, 15) is 23.2 Å². The number of carbonyl (C=O) groups is 3. The molecule has 2 aromatic rings. The topological polar surface area (TPSA) is 93.7 Å². The molecule has 7 nitrogen and oxygen atoms in total. The van der Waals surface area contributed by atoms with Gasteiger partial charge in [0.1, 0.15) is 23.9 Å². The highest BCUT2D eigenvalue weighted by Crippen LogP contribution is 2.15. The molecule has 0 aliphatic rings. The van der Waals surface area contributed by atoms with E-state index >= 15 is 0 Å². The number of hydrogen-bond donors (Lipinski definition) is 2. The fourth-order valence-corrected chi connectivity index (χ4v) is 2.14. The van der Waals surface area contributed by atoms with Gasteiger partial charge >= 0.3 is 5.97 Å². The van der Waals surface area contributed by atoms with Crippen LogP contribution in [0.3, 0.4) is 0 Å². The van der Waals surface area contributed by atoms with E-state index in [0.29, 0.717) is 11.8 Å². The molecule has 2 amide bonds. The van der Waals surface area contributed by atoms with E-state index in [1.807, 2.05) is 0 Å². The minimum absolute atomic E-state index is 0.249. The maximum atomic E-state index is 13.5. The number of halogens is 2. The monoisotopic (exact) mass is 392 g/mol. The number of esters is 1. The molecular weight excluding hydrogens is 374 g/mol. The number of rotatable bonds is 7. The highest BCUT2D eigenvalue weighted by molar-refractivity contribution is 5.97. The van der Waals surface area contributed by atoms with Crippen LogP contribution in [0.5, 0.6) is 5.75 Å². The van der Waals surface area contributed by atoms with Crippen molar-refractivity contribution < 1.29 is 32.6 Å². The molecule has 1 atom stereocenters. The zero-order chi connectivity index (χ0) is 20.7. The van der Waals surface area contributed by atoms with Gasteiger partial charge in [-0.1, -0.05) is 6.07 Å². The van der Waals surface area contributed by atoms with Gasteiger partial charge in [0.05, 0.1) is 12.8 Å². The van der Waals surface area contributed by atoms with Crippen LogP contribution in [0.2, 0.25) is 0 Å². The van der Waals surface area contributed by atoms with Crippen LogP contribution in [0.4, 0.5) is 14.5 Å². The maximum Gasteiger partial charge on any atom is 0.326 e. The molecule has 0 radical (unpaired) electrons. The van der Waals surface area contributed by atoms with E-state index in [1.165, 1.54) is 26.2 Å². The summed E-state index contributed by atoms with van der Waals surface area (Å²) in [5.41, 5.74) is 0.0327. The van der Waals surface area contributed by atoms with Crippen molar-refractivity contribution in [1.82, 2.24) is 5.32 Å². The molecule has 0 saturated heterocycles. The third-order valence-corrected chi connectivity index (χ3v) is 3.59. The number of benzene rings is 2. The lowest BCUT2D eigenvalue weighted by Gasteiger charge is -2.14. The standard InChI is InChI=1S/C19H18F2N2O5/c1-11(18(25)23-16-7-6-13(20)9-15(16)21)28-17(24)10-22-19(26)12-4-3-5-14(8-12)27-2/h3-9,11H,10H2,1-2H3,(H,22,26)(H,23,25). The number of hydrogen-bond acceptors (Lipinski definition) is 5. The summed E-state index contributed by atoms with van der Waals surface area (Å²) >= 11 is 0. The second-order valence-electron chi connectivity index (χ2n) is 5.66. The van der Waals surface area contributed by atoms with Crippen LogP contribution in [0.25, 0.3) is 0 Å². The second-order valence-corrected chi connectivity index (χ2v) is 5.66. The highest BCUT2D eigenvalue weighted by atomic mass is 19.1. The third kappa shape index (κ3) is 5.76. The lowest BCUT2D eigenvalue weighted by Crippen LogP contribution is -2.36. The Morgan fingerprint density at radius 1 is 1.11 bits per heavy atom. The first-order valence-electron chi connectivity index (χ1n) is 8.18. The molecule has 28 heavy (non-hydrogen) atoms. The summed E-state index contributed by atoms with van der Waals surface area (Å²) in [5, 5.41) is 4.54. The Balaban J connectivity index is 1.84. The van der Waals surface area contributed by atoms with Crippen LogP contribution in [-0.2, 0) is 14.3 Å². The minimum Gasteiger partial charge on any atom is -0.497 e. The number of nitrogens with one attached hydrogen (secondary N) is 2. The van der Waals surface area contributed by atoms with E-state index < -0.39 is 42.1 Å². The molecule has 2 rings (SSSR count). The van der Waals surface area contributed by atoms with E-state index in [0.717, 1.165) is 12.1 Å². The van der Waals surface area contributed by atoms with Gasteiger partial charge in [-0.05, 0) is 37.3 Å². The molecule has 0 aromatic heterocycles. The number of methoxy groups -OCH3 is 1. The summed E-state index contributed by atoms with van der Waals surface area (Å²) in [7, 11) is 1.46. The normalized spacial score (nSPS) is 11.3. The Morgan fingerprint density at radius 2 is 1.86 bits per heavy atom. The Labute approximate surface area is 159 Å². The summed E-state index contributed by atoms with van der Waals surface area (Å²) in [5.74, 6) is -3.47. The van der Waals surface area contributed by atoms with Gasteiger partial charge in [-0.3, -0.25) is 14.4 Å². The van der Waals surface area contributed by atoms with Gasteiger partial charge in [-0.25, -0.2) is 8.78 Å². The molecule has 0 aliphatic heterocycles. The van der Waals surface area contributed by atoms with E-state index in [4.69, 9.17) is 9.47 Å². The molecule has 148 valence electrons. The fourth-order valence-electron chi connectivity index (χ4n) is 2.14. The summed E-state index contributed by atoms with van der Waals surface area (Å²) < 4.78 is 36.3. The van der Waals surface area contributed by atoms with Gasteiger partial charge in [-0.2, -0.15) is 0 Å². The Morgan fingerprint density at radius 3 is 2.54 bits per heavy atom. The van der Waals surface area contributed by atoms with Crippen LogP contribution < -0.4 is 15.4 Å². The largest absolute Gasteiger partial charge is 0.497 e. The number of ether oxygens (including phenoxy) is 2. The van der Waals surface area contributed by atoms with Gasteiger partial charge in [0, 0.05) is 11.6 Å². The summed E-state index contributed by atoms with van der Waals surface area (Å²) in [4.78, 5) is 35.8. The summed E-state index contributed by atoms with van der Waals surface area (Å²) in [6, 6.07) is 8.95. The fraction of sp³-hybridized carbons (Fsp3) is 0.211. The average Bonchev–Trinajstić information content (AvgIpc) is 2.68. The van der Waals surface area contributed by atoms with Crippen LogP contribution in [-0.4, -0.2) is 37.5 Å². The van der Waals surface area contributed by atoms with Crippen molar-refractivity contribution in [1.29, 1.82) is 0 Å². The molecule has 0 heterocycles. The first-order valence-corrected chi connectivity index (χ1v) is 8.18. The van der Waals surface area contributed by atoms with Crippen LogP contribution in [0, 0.1) is 11.6 Å². The van der Waals surface area contributed by atoms with Crippen molar-refractivity contribution >= 4 is 23.5 Å². The molecule has 0 saturated carbocycles. The summed E-state index contributed by atoms with van der Waals surface area (Å²) in [6.45, 7) is 0.803. The van der Waals surface area contributed by atoms with Crippen LogP contribution >= 0.6 is 0 Å². The molecule has 0 spiro atoms. The first kappa shape index (κ1) is 20.8. The van der Waals surface area contributed by atoms with Crippen molar-refractivity contribution in [2.45, 2.75) is 13.0 Å². The molecular formula is C19H18F2N2O5. The Bertz CT molecular complexity index is 888. The number of anilines is 1. The zero-order valence-electron chi connectivity index (χ0n) is 15.1. The van der Waals surface area contributed by atoms with Crippen molar-refractivity contribution in [3.8, 4) is 5.75 Å². The highest BCUT2D eigenvalue weighted by Gasteiger charge is 2.20. The summed E-state index contributed by atoms with van der Waals surface area (Å²) in [6.07, 6.45) is -1.26. The van der Waals surface area contributed by atoms with E-state index in [-0.39, 0.29) is 11.3 Å². The number of amides is 2. The van der Waals surface area contributed by atoms with Gasteiger partial charge in [-0.15, -0.1) is 0 Å². The van der Waals surface area contributed by atoms with E-state index in [1.54, 1.807) is 12.1 Å². The molecule has 9 heteroatoms. The molecule has 0 aliphatic carbocycles. The van der Waals surface area contributed by atoms with Crippen molar-refractivity contribution in [2.24, 2.45) is 0 Å². The molecule has 2 aromatic carbocycles. The Hall–Kier alpha value is -3.49. The van der Waals surface area contributed by atoms with Gasteiger partial charge < -0.3 is 20.1 Å². The zero-order valence-corrected chi connectivity index (χ0v) is 15.1. The predicted octanol–water partition coefficient (Wildman–Crippen LogP) is 2.27. The molecule has 2 N–H and O–H groups in total. The van der Waals surface area contributed by atoms with Crippen LogP contribution in [0.15, 0.2) is 42.5 Å². The smallest absolute Gasteiger partial charge is 0.326 e. The minimum atomic E-state index is -1.26. The third-order valence-electron chi connectivity index (χ3n) is 3.59. The Kier molecular flexibility index (Phi) is 7.02. The van der Waals surface area contributed by atoms with Crippen molar-refractivity contribution in [3.63, 3.8) is 0 Å².